The van der Waals surface area contributed by atoms with Crippen LogP contribution in [0.2, 0.25) is 0 Å². The van der Waals surface area contributed by atoms with E-state index in [-0.39, 0.29) is 0 Å². The van der Waals surface area contributed by atoms with E-state index in [0.717, 1.165) is 0 Å². The molecule has 0 spiro atoms. The van der Waals surface area contributed by atoms with Crippen molar-refractivity contribution >= 4 is 10.0 Å². The topological polar surface area (TPSA) is 64.0 Å². The van der Waals surface area contributed by atoms with Crippen molar-refractivity contribution in [2.45, 2.75) is 12.2 Å². The molecule has 0 fully saturated rings. The highest BCUT2D eigenvalue weighted by molar-refractivity contribution is 7.89. The van der Waals surface area contributed by atoms with E-state index in [9.17, 15) is 8.42 Å². The maximum atomic E-state index is 11.4. The van der Waals surface area contributed by atoms with Gasteiger partial charge in [0.25, 0.3) is 0 Å². The molecule has 5 nitrogen and oxygen atoms in total. The van der Waals surface area contributed by atoms with E-state index in [1.807, 2.05) is 0 Å². The third-order valence-electron chi connectivity index (χ3n) is 1.97. The number of aryl methyl sites for hydroxylation is 1. The minimum atomic E-state index is -3.28. The van der Waals surface area contributed by atoms with Gasteiger partial charge in [-0.25, -0.2) is 18.1 Å². The molecule has 1 rings (SSSR count). The van der Waals surface area contributed by atoms with Crippen LogP contribution in [0.4, 0.5) is 0 Å². The molecule has 0 amide bonds. The van der Waals surface area contributed by atoms with Crippen molar-refractivity contribution in [2.24, 2.45) is 7.05 Å². The highest BCUT2D eigenvalue weighted by Gasteiger charge is 2.23. The molecular weight excluding hydrogens is 190 g/mol. The molecule has 1 aromatic heterocycles. The lowest BCUT2D eigenvalue weighted by atomic mass is 10.4. The fraction of sp³-hybridized carbons (Fsp3) is 0.571. The van der Waals surface area contributed by atoms with Crippen LogP contribution in [0.1, 0.15) is 18.0 Å². The maximum absolute atomic E-state index is 11.4. The summed E-state index contributed by atoms with van der Waals surface area (Å²) in [4.78, 5) is 3.97. The Morgan fingerprint density at radius 3 is 2.62 bits per heavy atom. The Hall–Kier alpha value is -0.880. The zero-order valence-corrected chi connectivity index (χ0v) is 8.67. The number of rotatable bonds is 3. The van der Waals surface area contributed by atoms with E-state index in [2.05, 4.69) is 9.71 Å². The number of nitrogens with zero attached hydrogens (tertiary/aromatic N) is 2. The van der Waals surface area contributed by atoms with Crippen molar-refractivity contribution in [2.75, 3.05) is 7.05 Å². The third-order valence-corrected chi connectivity index (χ3v) is 3.68. The molecule has 0 saturated heterocycles. The van der Waals surface area contributed by atoms with E-state index in [1.165, 1.54) is 7.05 Å². The Bertz CT molecular complexity index is 382. The number of aromatic nitrogens is 2. The smallest absolute Gasteiger partial charge is 0.221 e. The Kier molecular flexibility index (Phi) is 2.72. The zero-order chi connectivity index (χ0) is 10.1. The van der Waals surface area contributed by atoms with Gasteiger partial charge in [-0.3, -0.25) is 0 Å². The molecule has 0 bridgehead atoms. The Balaban J connectivity index is 3.05. The molecule has 0 radical (unpaired) electrons. The summed E-state index contributed by atoms with van der Waals surface area (Å²) in [6.45, 7) is 1.61. The minimum Gasteiger partial charge on any atom is -0.337 e. The van der Waals surface area contributed by atoms with Crippen LogP contribution >= 0.6 is 0 Å². The fourth-order valence-corrected chi connectivity index (χ4v) is 1.94. The van der Waals surface area contributed by atoms with Gasteiger partial charge in [-0.15, -0.1) is 0 Å². The highest BCUT2D eigenvalue weighted by atomic mass is 32.2. The second-order valence-corrected chi connectivity index (χ2v) is 4.99. The summed E-state index contributed by atoms with van der Waals surface area (Å²) in [6.07, 6.45) is 3.30. The molecule has 0 aliphatic heterocycles. The monoisotopic (exact) mass is 203 g/mol. The van der Waals surface area contributed by atoms with Gasteiger partial charge in [0.2, 0.25) is 10.0 Å². The summed E-state index contributed by atoms with van der Waals surface area (Å²) >= 11 is 0. The molecule has 0 aliphatic carbocycles. The fourth-order valence-electron chi connectivity index (χ4n) is 1.08. The second kappa shape index (κ2) is 3.47. The average Bonchev–Trinajstić information content (AvgIpc) is 2.50. The summed E-state index contributed by atoms with van der Waals surface area (Å²) in [6, 6.07) is 0. The molecule has 1 aromatic rings. The van der Waals surface area contributed by atoms with Gasteiger partial charge in [0.15, 0.2) is 0 Å². The first kappa shape index (κ1) is 10.2. The molecule has 0 unspecified atom stereocenters. The molecule has 0 aromatic carbocycles. The summed E-state index contributed by atoms with van der Waals surface area (Å²) in [5.74, 6) is 0.536. The van der Waals surface area contributed by atoms with Gasteiger partial charge >= 0.3 is 0 Å². The predicted octanol–water partition coefficient (Wildman–Crippen LogP) is 0.0303. The van der Waals surface area contributed by atoms with Crippen molar-refractivity contribution < 1.29 is 8.42 Å². The number of hydrogen-bond acceptors (Lipinski definition) is 3. The Morgan fingerprint density at radius 1 is 1.62 bits per heavy atom. The Morgan fingerprint density at radius 2 is 2.23 bits per heavy atom. The third kappa shape index (κ3) is 1.89. The van der Waals surface area contributed by atoms with Crippen molar-refractivity contribution in [1.82, 2.24) is 14.3 Å². The first-order chi connectivity index (χ1) is 5.99. The molecule has 0 saturated carbocycles. The number of imidazole rings is 1. The van der Waals surface area contributed by atoms with Crippen LogP contribution in [-0.4, -0.2) is 25.0 Å². The van der Waals surface area contributed by atoms with E-state index >= 15 is 0 Å². The Labute approximate surface area is 77.8 Å². The predicted molar refractivity (Wildman–Crippen MR) is 49.6 cm³/mol. The van der Waals surface area contributed by atoms with Gasteiger partial charge < -0.3 is 4.57 Å². The summed E-state index contributed by atoms with van der Waals surface area (Å²) in [7, 11) is -0.112. The van der Waals surface area contributed by atoms with Crippen molar-refractivity contribution in [1.29, 1.82) is 0 Å². The minimum absolute atomic E-state index is 0.536. The van der Waals surface area contributed by atoms with Crippen LogP contribution in [0.25, 0.3) is 0 Å². The van der Waals surface area contributed by atoms with E-state index in [0.29, 0.717) is 5.82 Å². The van der Waals surface area contributed by atoms with Gasteiger partial charge in [-0.2, -0.15) is 0 Å². The van der Waals surface area contributed by atoms with E-state index < -0.39 is 15.3 Å². The van der Waals surface area contributed by atoms with Crippen molar-refractivity contribution in [3.05, 3.63) is 18.2 Å². The summed E-state index contributed by atoms with van der Waals surface area (Å²) in [5.41, 5.74) is 0. The van der Waals surface area contributed by atoms with Crippen LogP contribution in [0.5, 0.6) is 0 Å². The number of nitrogens with one attached hydrogen (secondary N) is 1. The van der Waals surface area contributed by atoms with Crippen LogP contribution < -0.4 is 4.72 Å². The molecule has 13 heavy (non-hydrogen) atoms. The molecule has 6 heteroatoms. The zero-order valence-electron chi connectivity index (χ0n) is 7.85. The standard InChI is InChI=1S/C7H13N3O2S/c1-6(13(11,12)8-2)7-9-4-5-10(7)3/h4-6,8H,1-3H3/t6-/m1/s1. The first-order valence-electron chi connectivity index (χ1n) is 3.88. The van der Waals surface area contributed by atoms with E-state index in [1.54, 1.807) is 30.9 Å². The van der Waals surface area contributed by atoms with Crippen LogP contribution in [0, 0.1) is 0 Å². The van der Waals surface area contributed by atoms with Gasteiger partial charge in [0.1, 0.15) is 11.1 Å². The largest absolute Gasteiger partial charge is 0.337 e. The lowest BCUT2D eigenvalue weighted by Crippen LogP contribution is -2.25. The summed E-state index contributed by atoms with van der Waals surface area (Å²) in [5, 5.41) is -0.627. The highest BCUT2D eigenvalue weighted by Crippen LogP contribution is 2.17. The number of hydrogen-bond donors (Lipinski definition) is 1. The quantitative estimate of drug-likeness (QED) is 0.753. The summed E-state index contributed by atoms with van der Waals surface area (Å²) < 4.78 is 26.7. The SMILES string of the molecule is CNS(=O)(=O)[C@H](C)c1nccn1C. The lowest BCUT2D eigenvalue weighted by Gasteiger charge is -2.11. The molecule has 74 valence electrons. The number of sulfonamides is 1. The second-order valence-electron chi connectivity index (χ2n) is 2.79. The van der Waals surface area contributed by atoms with Gasteiger partial charge in [0, 0.05) is 19.4 Å². The molecule has 1 heterocycles. The van der Waals surface area contributed by atoms with E-state index in [4.69, 9.17) is 0 Å². The van der Waals surface area contributed by atoms with Crippen LogP contribution in [0.3, 0.4) is 0 Å². The molecule has 0 aliphatic rings. The molecule has 1 atom stereocenters. The van der Waals surface area contributed by atoms with Crippen LogP contribution in [-0.2, 0) is 17.1 Å². The normalized spacial score (nSPS) is 14.4. The van der Waals surface area contributed by atoms with Crippen molar-refractivity contribution in [3.8, 4) is 0 Å². The molecule has 1 N–H and O–H groups in total. The average molecular weight is 203 g/mol. The van der Waals surface area contributed by atoms with Crippen molar-refractivity contribution in [3.63, 3.8) is 0 Å². The van der Waals surface area contributed by atoms with Gasteiger partial charge in [-0.1, -0.05) is 0 Å². The van der Waals surface area contributed by atoms with Gasteiger partial charge in [-0.05, 0) is 14.0 Å². The maximum Gasteiger partial charge on any atom is 0.221 e. The lowest BCUT2D eigenvalue weighted by molar-refractivity contribution is 0.572. The van der Waals surface area contributed by atoms with Gasteiger partial charge in [0.05, 0.1) is 0 Å². The first-order valence-corrected chi connectivity index (χ1v) is 5.43. The van der Waals surface area contributed by atoms with Crippen LogP contribution in [0.15, 0.2) is 12.4 Å². The molecular formula is C7H13N3O2S.